The van der Waals surface area contributed by atoms with E-state index in [0.717, 1.165) is 0 Å². The highest BCUT2D eigenvalue weighted by molar-refractivity contribution is 7.46. The summed E-state index contributed by atoms with van der Waals surface area (Å²) in [7, 11) is -3.25. The average molecular weight is 692 g/mol. The summed E-state index contributed by atoms with van der Waals surface area (Å²) >= 11 is 0. The third kappa shape index (κ3) is 8.90. The number of phosphoric acid groups is 1. The van der Waals surface area contributed by atoms with Crippen LogP contribution in [0, 0.1) is 6.92 Å². The van der Waals surface area contributed by atoms with Crippen LogP contribution in [0.4, 0.5) is 0 Å². The summed E-state index contributed by atoms with van der Waals surface area (Å²) in [5.41, 5.74) is 23.9. The molecule has 1 saturated carbocycles. The number of aliphatic hydroxyl groups is 3. The highest BCUT2D eigenvalue weighted by Gasteiger charge is 2.50. The second-order valence-corrected chi connectivity index (χ2v) is 13.4. The number of nitrogens with zero attached hydrogens (tertiary/aromatic N) is 2. The van der Waals surface area contributed by atoms with Crippen molar-refractivity contribution in [2.24, 2.45) is 27.9 Å². The summed E-state index contributed by atoms with van der Waals surface area (Å²) in [5.74, 6) is -0.510. The lowest BCUT2D eigenvalue weighted by molar-refractivity contribution is -0.304. The lowest BCUT2D eigenvalue weighted by atomic mass is 9.84. The number of phosphoric ester groups is 1. The minimum absolute atomic E-state index is 0.00867. The molecule has 20 heteroatoms. The van der Waals surface area contributed by atoms with Crippen LogP contribution in [-0.2, 0) is 34.6 Å². The number of hydrogen-bond donors (Lipinski definition) is 11. The van der Waals surface area contributed by atoms with E-state index in [9.17, 15) is 25.0 Å². The predicted octanol–water partition coefficient (Wildman–Crippen LogP) is -3.74. The van der Waals surface area contributed by atoms with Crippen LogP contribution >= 0.6 is 7.82 Å². The molecule has 47 heavy (non-hydrogen) atoms. The van der Waals surface area contributed by atoms with E-state index >= 15 is 0 Å². The zero-order chi connectivity index (χ0) is 34.8. The van der Waals surface area contributed by atoms with Gasteiger partial charge in [0.25, 0.3) is 0 Å². The molecule has 12 atom stereocenters. The number of hydrogen-bond acceptors (Lipinski definition) is 16. The van der Waals surface area contributed by atoms with Crippen molar-refractivity contribution in [3.63, 3.8) is 0 Å². The van der Waals surface area contributed by atoms with Crippen molar-refractivity contribution < 1.29 is 58.2 Å². The number of aromatic nitrogens is 1. The van der Waals surface area contributed by atoms with Gasteiger partial charge in [0.2, 0.25) is 0 Å². The van der Waals surface area contributed by atoms with Gasteiger partial charge in [0, 0.05) is 23.8 Å². The highest BCUT2D eigenvalue weighted by Crippen LogP contribution is 2.38. The fourth-order valence-corrected chi connectivity index (χ4v) is 6.15. The van der Waals surface area contributed by atoms with E-state index in [1.807, 2.05) is 0 Å². The lowest BCUT2D eigenvalue weighted by Crippen LogP contribution is -2.68. The number of aromatic hydroxyl groups is 1. The normalized spacial score (nSPS) is 38.4. The van der Waals surface area contributed by atoms with Crippen molar-refractivity contribution in [3.05, 3.63) is 35.2 Å². The minimum atomic E-state index is -4.83. The van der Waals surface area contributed by atoms with Crippen molar-refractivity contribution >= 4 is 13.7 Å². The Labute approximate surface area is 271 Å². The van der Waals surface area contributed by atoms with E-state index in [0.29, 0.717) is 0 Å². The molecule has 4 rings (SSSR count). The first kappa shape index (κ1) is 37.6. The minimum Gasteiger partial charge on any atom is -0.505 e. The summed E-state index contributed by atoms with van der Waals surface area (Å²) < 4.78 is 39.4. The van der Waals surface area contributed by atoms with Gasteiger partial charge in [-0.15, -0.1) is 0 Å². The van der Waals surface area contributed by atoms with Crippen molar-refractivity contribution in [2.75, 3.05) is 20.2 Å². The number of rotatable bonds is 11. The molecule has 0 spiro atoms. The Kier molecular flexibility index (Phi) is 12.1. The van der Waals surface area contributed by atoms with Gasteiger partial charge in [0.05, 0.1) is 49.2 Å². The molecule has 2 aliphatic heterocycles. The Morgan fingerprint density at radius 3 is 2.40 bits per heavy atom. The van der Waals surface area contributed by atoms with E-state index in [-0.39, 0.29) is 48.0 Å². The third-order valence-corrected chi connectivity index (χ3v) is 8.82. The first-order valence-corrected chi connectivity index (χ1v) is 16.4. The monoisotopic (exact) mass is 691 g/mol. The van der Waals surface area contributed by atoms with Crippen LogP contribution in [-0.4, -0.2) is 134 Å². The summed E-state index contributed by atoms with van der Waals surface area (Å²) in [6, 6.07) is -3.05. The summed E-state index contributed by atoms with van der Waals surface area (Å²) in [4.78, 5) is 26.4. The number of ether oxygens (including phenoxy) is 4. The van der Waals surface area contributed by atoms with Gasteiger partial charge >= 0.3 is 7.82 Å². The number of nitrogens with two attached hydrogens (primary N) is 4. The smallest absolute Gasteiger partial charge is 0.469 e. The van der Waals surface area contributed by atoms with Crippen LogP contribution in [0.3, 0.4) is 0 Å². The zero-order valence-electron chi connectivity index (χ0n) is 26.2. The number of aryl methyl sites for hydroxylation is 1. The Morgan fingerprint density at radius 1 is 1.15 bits per heavy atom. The van der Waals surface area contributed by atoms with Crippen LogP contribution < -0.4 is 28.3 Å². The highest BCUT2D eigenvalue weighted by atomic mass is 31.2. The third-order valence-electron chi connectivity index (χ3n) is 8.36. The van der Waals surface area contributed by atoms with Crippen molar-refractivity contribution in [1.82, 2.24) is 10.3 Å². The van der Waals surface area contributed by atoms with Crippen molar-refractivity contribution in [3.8, 4) is 5.75 Å². The molecule has 1 saturated heterocycles. The maximum Gasteiger partial charge on any atom is 0.469 e. The Balaban J connectivity index is 1.44. The number of amidine groups is 1. The molecule has 19 nitrogen and oxygen atoms in total. The zero-order valence-corrected chi connectivity index (χ0v) is 27.1. The fourth-order valence-electron chi connectivity index (χ4n) is 5.84. The van der Waals surface area contributed by atoms with Gasteiger partial charge in [-0.05, 0) is 27.3 Å². The van der Waals surface area contributed by atoms with E-state index in [1.165, 1.54) is 20.0 Å². The van der Waals surface area contributed by atoms with E-state index in [1.54, 1.807) is 19.2 Å². The molecule has 1 aromatic heterocycles. The SMILES string of the molecule is CN[C@@H]1[C@@H](O)[C@@H](O[C@@H]2[C@@H](O)[C@H](O[C@H]3O[C@H](CN=C(N)c4c(COP(=O)(O)O)cnc(C)c4O)C=C[C@H]3N)[C@@H](N)C[C@H]2N)OC[C@]1(C)O. The molecule has 266 valence electrons. The van der Waals surface area contributed by atoms with E-state index < -0.39 is 87.3 Å². The second-order valence-electron chi connectivity index (χ2n) is 12.1. The molecule has 1 aromatic rings. The quantitative estimate of drug-likeness (QED) is 0.0459. The fraction of sp³-hybridized carbons (Fsp3) is 0.704. The van der Waals surface area contributed by atoms with Crippen LogP contribution in [0.15, 0.2) is 23.3 Å². The molecular formula is C27H46N7O12P. The average Bonchev–Trinajstić information content (AvgIpc) is 2.98. The second kappa shape index (κ2) is 15.2. The maximum atomic E-state index is 11.3. The summed E-state index contributed by atoms with van der Waals surface area (Å²) in [5, 5.41) is 46.1. The van der Waals surface area contributed by atoms with Gasteiger partial charge in [-0.3, -0.25) is 14.5 Å². The van der Waals surface area contributed by atoms with Gasteiger partial charge < -0.3 is 77.4 Å². The summed E-state index contributed by atoms with van der Waals surface area (Å²) in [6.45, 7) is 2.20. The standard InChI is InChI=1S/C27H46N7O12P/c1-11-18(35)17(12(7-33-11)9-43-47(39,40)41)24(31)34-8-13-4-5-14(28)25(44-13)45-21-15(29)6-16(30)22(19(21)36)46-26-20(37)23(32-3)27(2,38)10-42-26/h4-5,7,13-16,19-23,25-26,32,35-38H,6,8-10,28-30H2,1-3H3,(H2,31,34)(H2,39,40,41)/t13-,14+,15-,16+,19-,20+,21+,22-,23+,25+,26+,27-/m0/s1. The van der Waals surface area contributed by atoms with Gasteiger partial charge in [-0.25, -0.2) is 4.57 Å². The van der Waals surface area contributed by atoms with E-state index in [2.05, 4.69) is 19.8 Å². The molecule has 1 aliphatic carbocycles. The molecular weight excluding hydrogens is 645 g/mol. The first-order valence-electron chi connectivity index (χ1n) is 14.9. The van der Waals surface area contributed by atoms with Crippen molar-refractivity contribution in [1.29, 1.82) is 0 Å². The molecule has 3 aliphatic rings. The van der Waals surface area contributed by atoms with Gasteiger partial charge in [0.1, 0.15) is 41.6 Å². The predicted molar refractivity (Wildman–Crippen MR) is 164 cm³/mol. The van der Waals surface area contributed by atoms with Crippen molar-refractivity contribution in [2.45, 2.75) is 99.7 Å². The molecule has 3 heterocycles. The Bertz CT molecular complexity index is 1350. The number of aliphatic hydroxyl groups excluding tert-OH is 2. The maximum absolute atomic E-state index is 11.3. The van der Waals surface area contributed by atoms with Crippen LogP contribution in [0.25, 0.3) is 0 Å². The van der Waals surface area contributed by atoms with Gasteiger partial charge in [0.15, 0.2) is 12.6 Å². The Morgan fingerprint density at radius 2 is 1.79 bits per heavy atom. The Hall–Kier alpha value is -2.17. The molecule has 15 N–H and O–H groups in total. The molecule has 0 unspecified atom stereocenters. The largest absolute Gasteiger partial charge is 0.505 e. The molecule has 2 fully saturated rings. The van der Waals surface area contributed by atoms with Gasteiger partial charge in [-0.2, -0.15) is 0 Å². The number of pyridine rings is 1. The molecule has 0 aromatic carbocycles. The first-order chi connectivity index (χ1) is 21.9. The van der Waals surface area contributed by atoms with Crippen LogP contribution in [0.1, 0.15) is 30.2 Å². The lowest BCUT2D eigenvalue weighted by Gasteiger charge is -2.48. The van der Waals surface area contributed by atoms with Crippen LogP contribution in [0.2, 0.25) is 0 Å². The molecule has 0 radical (unpaired) electrons. The molecule has 0 amide bonds. The topological polar surface area (TPSA) is 326 Å². The molecule has 0 bridgehead atoms. The number of aliphatic imine (C=N–C) groups is 1. The summed E-state index contributed by atoms with van der Waals surface area (Å²) in [6.07, 6.45) is -3.19. The van der Waals surface area contributed by atoms with Crippen LogP contribution in [0.5, 0.6) is 5.75 Å². The van der Waals surface area contributed by atoms with E-state index in [4.69, 9.17) is 51.7 Å². The number of likely N-dealkylation sites (N-methyl/N-ethyl adjacent to an activating group) is 1. The van der Waals surface area contributed by atoms with Gasteiger partial charge in [-0.1, -0.05) is 12.2 Å². The number of nitrogens with one attached hydrogen (secondary N) is 1.